The normalized spacial score (nSPS) is 28.9. The Morgan fingerprint density at radius 1 is 1.46 bits per heavy atom. The van der Waals surface area contributed by atoms with E-state index in [-0.39, 0.29) is 17.1 Å². The van der Waals surface area contributed by atoms with Crippen molar-refractivity contribution in [3.05, 3.63) is 0 Å². The Morgan fingerprint density at radius 3 is 2.15 bits per heavy atom. The average Bonchev–Trinajstić information content (AvgIpc) is 2.30. The van der Waals surface area contributed by atoms with Crippen LogP contribution in [0.5, 0.6) is 0 Å². The number of carbonyl (C=O) groups excluding carboxylic acids is 1. The van der Waals surface area contributed by atoms with Gasteiger partial charge in [-0.05, 0) is 5.92 Å². The Morgan fingerprint density at radius 2 is 2.00 bits per heavy atom. The van der Waals surface area contributed by atoms with Crippen LogP contribution in [0.3, 0.4) is 0 Å². The van der Waals surface area contributed by atoms with Crippen LogP contribution in [-0.2, 0) is 4.74 Å². The molecule has 0 aromatic heterocycles. The lowest BCUT2D eigenvalue weighted by atomic mass is 9.70. The first-order chi connectivity index (χ1) is 5.79. The van der Waals surface area contributed by atoms with E-state index < -0.39 is 0 Å². The molecule has 0 saturated carbocycles. The molecule has 0 aromatic carbocycles. The van der Waals surface area contributed by atoms with Crippen LogP contribution in [0, 0.1) is 11.3 Å². The van der Waals surface area contributed by atoms with Crippen molar-refractivity contribution in [2.24, 2.45) is 11.3 Å². The number of nitrogens with one attached hydrogen (secondary N) is 1. The lowest BCUT2D eigenvalue weighted by Gasteiger charge is -2.42. The number of ether oxygens (including phenoxy) is 1. The molecule has 0 bridgehead atoms. The van der Waals surface area contributed by atoms with Gasteiger partial charge in [-0.1, -0.05) is 34.6 Å². The second-order valence-corrected chi connectivity index (χ2v) is 5.04. The van der Waals surface area contributed by atoms with Crippen LogP contribution in [0.15, 0.2) is 0 Å². The molecule has 76 valence electrons. The summed E-state index contributed by atoms with van der Waals surface area (Å²) in [4.78, 5) is 11.1. The molecule has 1 saturated heterocycles. The highest BCUT2D eigenvalue weighted by Crippen LogP contribution is 2.41. The molecule has 1 fully saturated rings. The Bertz CT molecular complexity index is 217. The number of amides is 1. The van der Waals surface area contributed by atoms with Gasteiger partial charge in [-0.25, -0.2) is 4.79 Å². The summed E-state index contributed by atoms with van der Waals surface area (Å²) in [5.41, 5.74) is -0.385. The van der Waals surface area contributed by atoms with E-state index in [1.165, 1.54) is 0 Å². The molecule has 3 nitrogen and oxygen atoms in total. The van der Waals surface area contributed by atoms with Crippen LogP contribution in [0.25, 0.3) is 0 Å². The Labute approximate surface area is 79.8 Å². The zero-order valence-electron chi connectivity index (χ0n) is 9.10. The number of hydrogen-bond donors (Lipinski definition) is 1. The quantitative estimate of drug-likeness (QED) is 0.680. The molecule has 1 unspecified atom stereocenters. The van der Waals surface area contributed by atoms with Crippen molar-refractivity contribution in [2.75, 3.05) is 6.54 Å². The molecule has 13 heavy (non-hydrogen) atoms. The third-order valence-corrected chi connectivity index (χ3v) is 2.97. The molecule has 1 amide bonds. The fraction of sp³-hybridized carbons (Fsp3) is 0.900. The number of rotatable bonds is 1. The summed E-state index contributed by atoms with van der Waals surface area (Å²) >= 11 is 0. The maximum Gasteiger partial charge on any atom is 0.407 e. The zero-order chi connectivity index (χ0) is 10.3. The van der Waals surface area contributed by atoms with Crippen molar-refractivity contribution in [3.63, 3.8) is 0 Å². The minimum atomic E-state index is -0.357. The minimum Gasteiger partial charge on any atom is -0.440 e. The molecule has 1 aliphatic rings. The van der Waals surface area contributed by atoms with E-state index in [4.69, 9.17) is 4.74 Å². The summed E-state index contributed by atoms with van der Waals surface area (Å²) in [5.74, 6) is 0.325. The zero-order valence-corrected chi connectivity index (χ0v) is 9.10. The van der Waals surface area contributed by atoms with Crippen molar-refractivity contribution in [1.29, 1.82) is 0 Å². The lowest BCUT2D eigenvalue weighted by Crippen LogP contribution is -2.50. The van der Waals surface area contributed by atoms with Crippen molar-refractivity contribution in [1.82, 2.24) is 5.32 Å². The van der Waals surface area contributed by atoms with Gasteiger partial charge in [-0.15, -0.1) is 0 Å². The molecule has 1 N–H and O–H groups in total. The molecule has 1 rings (SSSR count). The fourth-order valence-corrected chi connectivity index (χ4v) is 2.05. The fourth-order valence-electron chi connectivity index (χ4n) is 2.05. The smallest absolute Gasteiger partial charge is 0.407 e. The van der Waals surface area contributed by atoms with Gasteiger partial charge < -0.3 is 10.1 Å². The van der Waals surface area contributed by atoms with E-state index in [0.717, 1.165) is 0 Å². The number of carbonyl (C=O) groups is 1. The molecule has 1 aliphatic heterocycles. The van der Waals surface area contributed by atoms with Gasteiger partial charge in [0.1, 0.15) is 5.60 Å². The molecule has 0 spiro atoms. The van der Waals surface area contributed by atoms with Gasteiger partial charge in [0, 0.05) is 5.41 Å². The van der Waals surface area contributed by atoms with Gasteiger partial charge in [0.05, 0.1) is 6.54 Å². The van der Waals surface area contributed by atoms with E-state index in [2.05, 4.69) is 39.9 Å². The van der Waals surface area contributed by atoms with Crippen LogP contribution in [0.1, 0.15) is 34.6 Å². The second-order valence-electron chi connectivity index (χ2n) is 5.04. The topological polar surface area (TPSA) is 38.3 Å². The third kappa shape index (κ3) is 1.52. The molecule has 0 aliphatic carbocycles. The monoisotopic (exact) mass is 185 g/mol. The van der Waals surface area contributed by atoms with E-state index >= 15 is 0 Å². The highest BCUT2D eigenvalue weighted by atomic mass is 16.6. The van der Waals surface area contributed by atoms with Crippen molar-refractivity contribution < 1.29 is 9.53 Å². The molecule has 0 aromatic rings. The molecule has 3 heteroatoms. The summed E-state index contributed by atoms with van der Waals surface area (Å²) < 4.78 is 5.42. The van der Waals surface area contributed by atoms with Crippen molar-refractivity contribution in [3.8, 4) is 0 Å². The van der Waals surface area contributed by atoms with Crippen LogP contribution in [-0.4, -0.2) is 18.2 Å². The average molecular weight is 185 g/mol. The minimum absolute atomic E-state index is 0.0275. The molecule has 1 atom stereocenters. The summed E-state index contributed by atoms with van der Waals surface area (Å²) in [5, 5.41) is 2.74. The summed E-state index contributed by atoms with van der Waals surface area (Å²) in [6.07, 6.45) is -0.288. The predicted octanol–water partition coefficient (Wildman–Crippen LogP) is 2.17. The van der Waals surface area contributed by atoms with E-state index in [9.17, 15) is 4.79 Å². The standard InChI is InChI=1S/C10H19NO2/c1-7(2)10(9(3,4)5)6-11-8(12)13-10/h7H,6H2,1-5H3,(H,11,12). The maximum atomic E-state index is 11.1. The third-order valence-electron chi connectivity index (χ3n) is 2.97. The van der Waals surface area contributed by atoms with Gasteiger partial charge in [0.15, 0.2) is 0 Å². The summed E-state index contributed by atoms with van der Waals surface area (Å²) in [6.45, 7) is 11.1. The van der Waals surface area contributed by atoms with E-state index in [1.54, 1.807) is 0 Å². The lowest BCUT2D eigenvalue weighted by molar-refractivity contribution is -0.0662. The van der Waals surface area contributed by atoms with Gasteiger partial charge in [-0.2, -0.15) is 0 Å². The Balaban J connectivity index is 2.97. The van der Waals surface area contributed by atoms with Crippen molar-refractivity contribution >= 4 is 6.09 Å². The van der Waals surface area contributed by atoms with Crippen LogP contribution < -0.4 is 5.32 Å². The molecule has 1 heterocycles. The summed E-state index contributed by atoms with van der Waals surface area (Å²) in [7, 11) is 0. The molecule has 0 radical (unpaired) electrons. The first kappa shape index (κ1) is 10.4. The van der Waals surface area contributed by atoms with E-state index in [0.29, 0.717) is 12.5 Å². The van der Waals surface area contributed by atoms with Crippen LogP contribution in [0.4, 0.5) is 4.79 Å². The predicted molar refractivity (Wildman–Crippen MR) is 51.5 cm³/mol. The number of alkyl carbamates (subject to hydrolysis) is 1. The van der Waals surface area contributed by atoms with Gasteiger partial charge >= 0.3 is 6.09 Å². The number of hydrogen-bond acceptors (Lipinski definition) is 2. The van der Waals surface area contributed by atoms with E-state index in [1.807, 2.05) is 0 Å². The van der Waals surface area contributed by atoms with Crippen molar-refractivity contribution in [2.45, 2.75) is 40.2 Å². The first-order valence-electron chi connectivity index (χ1n) is 4.76. The van der Waals surface area contributed by atoms with Gasteiger partial charge in [-0.3, -0.25) is 0 Å². The van der Waals surface area contributed by atoms with Crippen LogP contribution >= 0.6 is 0 Å². The number of cyclic esters (lactones) is 1. The maximum absolute atomic E-state index is 11.1. The Hall–Kier alpha value is -0.730. The van der Waals surface area contributed by atoms with Gasteiger partial charge in [0.25, 0.3) is 0 Å². The largest absolute Gasteiger partial charge is 0.440 e. The molecular weight excluding hydrogens is 166 g/mol. The Kier molecular flexibility index (Phi) is 2.30. The highest BCUT2D eigenvalue weighted by Gasteiger charge is 2.51. The van der Waals surface area contributed by atoms with Crippen LogP contribution in [0.2, 0.25) is 0 Å². The second kappa shape index (κ2) is 2.89. The first-order valence-corrected chi connectivity index (χ1v) is 4.76. The van der Waals surface area contributed by atoms with Gasteiger partial charge in [0.2, 0.25) is 0 Å². The summed E-state index contributed by atoms with van der Waals surface area (Å²) in [6, 6.07) is 0. The molecular formula is C10H19NO2. The SMILES string of the molecule is CC(C)C1(C(C)(C)C)CNC(=O)O1. The highest BCUT2D eigenvalue weighted by molar-refractivity contribution is 5.70.